The molecule has 0 radical (unpaired) electrons. The maximum absolute atomic E-state index is 13.8. The van der Waals surface area contributed by atoms with Crippen LogP contribution in [0.2, 0.25) is 0 Å². The van der Waals surface area contributed by atoms with Crippen LogP contribution in [0.25, 0.3) is 5.57 Å². The molecule has 0 atom stereocenters. The summed E-state index contributed by atoms with van der Waals surface area (Å²) in [5.41, 5.74) is 6.21. The van der Waals surface area contributed by atoms with Crippen molar-refractivity contribution in [1.82, 2.24) is 4.48 Å². The molecular formula is C19H18BF2IN2. The molecule has 0 unspecified atom stereocenters. The van der Waals surface area contributed by atoms with E-state index in [0.717, 1.165) is 41.7 Å². The fraction of sp³-hybridized carbons (Fsp3) is 0.211. The monoisotopic (exact) mass is 450 g/mol. The zero-order chi connectivity index (χ0) is 18.3. The first-order chi connectivity index (χ1) is 11.8. The van der Waals surface area contributed by atoms with E-state index in [9.17, 15) is 8.63 Å². The molecule has 3 rings (SSSR count). The molecule has 6 heteroatoms. The van der Waals surface area contributed by atoms with Gasteiger partial charge in [0.2, 0.25) is 0 Å². The van der Waals surface area contributed by atoms with E-state index >= 15 is 0 Å². The van der Waals surface area contributed by atoms with Gasteiger partial charge < -0.3 is 4.48 Å². The van der Waals surface area contributed by atoms with Crippen LogP contribution in [0.5, 0.6) is 0 Å². The molecule has 1 aliphatic rings. The van der Waals surface area contributed by atoms with Crippen molar-refractivity contribution >= 4 is 41.3 Å². The smallest absolute Gasteiger partial charge is 0.329 e. The third kappa shape index (κ3) is 3.36. The van der Waals surface area contributed by atoms with Gasteiger partial charge in [-0.2, -0.15) is 0 Å². The van der Waals surface area contributed by atoms with Gasteiger partial charge in [0, 0.05) is 26.2 Å². The number of hydrogen-bond donors (Lipinski definition) is 0. The molecular weight excluding hydrogens is 432 g/mol. The Kier molecular flexibility index (Phi) is 5.00. The SMILES string of the molecule is CC1=CC(C)=NC1=C(c1ccc(I)cc1)c1c(C)cc(C)n1B(F)F. The van der Waals surface area contributed by atoms with Gasteiger partial charge in [-0.05, 0) is 91.3 Å². The molecule has 2 aromatic rings. The van der Waals surface area contributed by atoms with Crippen LogP contribution in [-0.2, 0) is 0 Å². The number of hydrogen-bond acceptors (Lipinski definition) is 1. The molecule has 0 aliphatic carbocycles. The van der Waals surface area contributed by atoms with E-state index in [1.165, 1.54) is 0 Å². The van der Waals surface area contributed by atoms with Crippen molar-refractivity contribution < 1.29 is 8.63 Å². The van der Waals surface area contributed by atoms with Gasteiger partial charge in [-0.15, -0.1) is 0 Å². The number of benzene rings is 1. The summed E-state index contributed by atoms with van der Waals surface area (Å²) < 4.78 is 29.8. The second kappa shape index (κ2) is 6.90. The Morgan fingerprint density at radius 2 is 1.72 bits per heavy atom. The largest absolute Gasteiger partial charge is 0.677 e. The van der Waals surface area contributed by atoms with Crippen molar-refractivity contribution in [2.45, 2.75) is 27.7 Å². The van der Waals surface area contributed by atoms with E-state index in [1.807, 2.05) is 51.1 Å². The van der Waals surface area contributed by atoms with E-state index in [0.29, 0.717) is 11.4 Å². The molecule has 2 heterocycles. The van der Waals surface area contributed by atoms with Crippen molar-refractivity contribution in [3.05, 3.63) is 73.8 Å². The number of aliphatic imine (C=N–C) groups is 1. The summed E-state index contributed by atoms with van der Waals surface area (Å²) in [5.74, 6) is 0. The van der Waals surface area contributed by atoms with Gasteiger partial charge in [0.15, 0.2) is 0 Å². The number of nitrogens with zero attached hydrogens (tertiary/aromatic N) is 2. The number of rotatable bonds is 3. The molecule has 1 aromatic carbocycles. The number of aryl methyl sites for hydroxylation is 2. The molecule has 128 valence electrons. The normalized spacial score (nSPS) is 16.0. The molecule has 0 N–H and O–H groups in total. The van der Waals surface area contributed by atoms with E-state index < -0.39 is 7.40 Å². The summed E-state index contributed by atoms with van der Waals surface area (Å²) in [6.45, 7) is 7.48. The van der Waals surface area contributed by atoms with Gasteiger partial charge in [-0.25, -0.2) is 0 Å². The average Bonchev–Trinajstić information content (AvgIpc) is 3.01. The second-order valence-electron chi connectivity index (χ2n) is 6.28. The van der Waals surface area contributed by atoms with Crippen molar-refractivity contribution in [3.8, 4) is 0 Å². The molecule has 2 nitrogen and oxygen atoms in total. The van der Waals surface area contributed by atoms with Gasteiger partial charge in [-0.1, -0.05) is 12.1 Å². The third-order valence-electron chi connectivity index (χ3n) is 4.31. The highest BCUT2D eigenvalue weighted by molar-refractivity contribution is 14.1. The maximum Gasteiger partial charge on any atom is 0.677 e. The predicted octanol–water partition coefficient (Wildman–Crippen LogP) is 5.66. The Morgan fingerprint density at radius 1 is 1.08 bits per heavy atom. The molecule has 0 saturated heterocycles. The van der Waals surface area contributed by atoms with Gasteiger partial charge in [0.1, 0.15) is 0 Å². The summed E-state index contributed by atoms with van der Waals surface area (Å²) in [6.07, 6.45) is 1.99. The number of allylic oxidation sites excluding steroid dienone is 2. The van der Waals surface area contributed by atoms with Gasteiger partial charge >= 0.3 is 7.40 Å². The Morgan fingerprint density at radius 3 is 2.24 bits per heavy atom. The van der Waals surface area contributed by atoms with Crippen LogP contribution in [0, 0.1) is 17.4 Å². The zero-order valence-corrected chi connectivity index (χ0v) is 16.7. The van der Waals surface area contributed by atoms with Crippen molar-refractivity contribution in [1.29, 1.82) is 0 Å². The van der Waals surface area contributed by atoms with Gasteiger partial charge in [-0.3, -0.25) is 13.6 Å². The van der Waals surface area contributed by atoms with Crippen LogP contribution in [0.15, 0.2) is 52.7 Å². The fourth-order valence-corrected chi connectivity index (χ4v) is 3.68. The Labute approximate surface area is 160 Å². The van der Waals surface area contributed by atoms with Gasteiger partial charge in [0.25, 0.3) is 0 Å². The zero-order valence-electron chi connectivity index (χ0n) is 14.6. The first-order valence-electron chi connectivity index (χ1n) is 8.00. The average molecular weight is 450 g/mol. The van der Waals surface area contributed by atoms with Crippen LogP contribution >= 0.6 is 22.6 Å². The molecule has 0 amide bonds. The van der Waals surface area contributed by atoms with E-state index in [-0.39, 0.29) is 0 Å². The molecule has 1 aliphatic heterocycles. The van der Waals surface area contributed by atoms with Crippen molar-refractivity contribution in [2.75, 3.05) is 0 Å². The molecule has 1 aromatic heterocycles. The van der Waals surface area contributed by atoms with E-state index in [2.05, 4.69) is 27.6 Å². The first-order valence-corrected chi connectivity index (χ1v) is 9.08. The van der Waals surface area contributed by atoms with Crippen LogP contribution in [0.4, 0.5) is 8.63 Å². The van der Waals surface area contributed by atoms with Crippen molar-refractivity contribution in [3.63, 3.8) is 0 Å². The third-order valence-corrected chi connectivity index (χ3v) is 5.03. The quantitative estimate of drug-likeness (QED) is 0.424. The molecule has 0 bridgehead atoms. The highest BCUT2D eigenvalue weighted by Gasteiger charge is 2.29. The highest BCUT2D eigenvalue weighted by atomic mass is 127. The molecule has 0 saturated carbocycles. The molecule has 25 heavy (non-hydrogen) atoms. The Bertz CT molecular complexity index is 922. The Hall–Kier alpha value is -1.70. The lowest BCUT2D eigenvalue weighted by Crippen LogP contribution is -2.18. The lowest BCUT2D eigenvalue weighted by atomic mass is 9.95. The molecule has 0 spiro atoms. The summed E-state index contributed by atoms with van der Waals surface area (Å²) in [6, 6.07) is 9.72. The van der Waals surface area contributed by atoms with E-state index in [1.54, 1.807) is 13.0 Å². The van der Waals surface area contributed by atoms with Gasteiger partial charge in [0.05, 0.1) is 5.70 Å². The highest BCUT2D eigenvalue weighted by Crippen LogP contribution is 2.37. The van der Waals surface area contributed by atoms with Crippen LogP contribution < -0.4 is 0 Å². The first kappa shape index (κ1) is 18.1. The summed E-state index contributed by atoms with van der Waals surface area (Å²) in [4.78, 5) is 4.64. The minimum absolute atomic E-state index is 0.537. The maximum atomic E-state index is 13.8. The number of aromatic nitrogens is 1. The summed E-state index contributed by atoms with van der Waals surface area (Å²) in [5, 5.41) is 0. The minimum Gasteiger partial charge on any atom is -0.329 e. The predicted molar refractivity (Wildman–Crippen MR) is 109 cm³/mol. The van der Waals surface area contributed by atoms with Crippen LogP contribution in [0.3, 0.4) is 0 Å². The standard InChI is InChI=1S/C19H18BF2IN2/c1-11-9-13(3)24-18(11)17(15-5-7-16(23)8-6-15)19-12(2)10-14(4)25(19)20(21)22/h5-10H,1-4H3. The lowest BCUT2D eigenvalue weighted by molar-refractivity contribution is 0.624. The summed E-state index contributed by atoms with van der Waals surface area (Å²) in [7, 11) is -2.60. The fourth-order valence-electron chi connectivity index (χ4n) is 3.32. The topological polar surface area (TPSA) is 17.3 Å². The minimum atomic E-state index is -2.60. The van der Waals surface area contributed by atoms with Crippen molar-refractivity contribution in [2.24, 2.45) is 4.99 Å². The summed E-state index contributed by atoms with van der Waals surface area (Å²) >= 11 is 2.24. The Balaban J connectivity index is 2.38. The molecule has 0 fully saturated rings. The van der Waals surface area contributed by atoms with Crippen LogP contribution in [0.1, 0.15) is 36.4 Å². The number of halogens is 3. The second-order valence-corrected chi connectivity index (χ2v) is 7.52. The lowest BCUT2D eigenvalue weighted by Gasteiger charge is -2.16. The van der Waals surface area contributed by atoms with E-state index in [4.69, 9.17) is 0 Å². The van der Waals surface area contributed by atoms with Crippen LogP contribution in [-0.4, -0.2) is 17.6 Å².